The van der Waals surface area contributed by atoms with Gasteiger partial charge in [0.05, 0.1) is 12.1 Å². The molecule has 0 saturated heterocycles. The van der Waals surface area contributed by atoms with Gasteiger partial charge in [0.1, 0.15) is 23.3 Å². The van der Waals surface area contributed by atoms with Gasteiger partial charge >= 0.3 is 5.97 Å². The molecule has 5 nitrogen and oxygen atoms in total. The molecule has 0 radical (unpaired) electrons. The number of benzene rings is 2. The van der Waals surface area contributed by atoms with E-state index in [9.17, 15) is 10.1 Å². The largest absolute Gasteiger partial charge is 0.490 e. The third-order valence-electron chi connectivity index (χ3n) is 4.47. The Bertz CT molecular complexity index is 1200. The Balaban J connectivity index is 1.48. The van der Waals surface area contributed by atoms with E-state index in [1.165, 1.54) is 16.7 Å². The lowest BCUT2D eigenvalue weighted by atomic mass is 10.1. The number of thiophene rings is 1. The van der Waals surface area contributed by atoms with E-state index in [2.05, 4.69) is 28.8 Å². The predicted molar refractivity (Wildman–Crippen MR) is 109 cm³/mol. The number of rotatable bonds is 6. The topological polar surface area (TPSA) is 75.2 Å². The van der Waals surface area contributed by atoms with Crippen LogP contribution in [0.25, 0.3) is 21.3 Å². The number of carboxylic acid groups (broad SMARTS) is 1. The molecule has 0 saturated carbocycles. The third-order valence-corrected chi connectivity index (χ3v) is 5.59. The quantitative estimate of drug-likeness (QED) is 0.503. The van der Waals surface area contributed by atoms with E-state index in [0.29, 0.717) is 24.5 Å². The number of hydrogen-bond acceptors (Lipinski definition) is 4. The maximum absolute atomic E-state index is 11.1. The Labute approximate surface area is 165 Å². The molecule has 1 N–H and O–H groups in total. The molecule has 0 amide bonds. The van der Waals surface area contributed by atoms with Crippen molar-refractivity contribution >= 4 is 28.2 Å². The van der Waals surface area contributed by atoms with Crippen LogP contribution in [-0.4, -0.2) is 22.2 Å². The van der Waals surface area contributed by atoms with Gasteiger partial charge in [0.2, 0.25) is 0 Å². The highest BCUT2D eigenvalue weighted by Gasteiger charge is 2.11. The highest BCUT2D eigenvalue weighted by atomic mass is 32.1. The highest BCUT2D eigenvalue weighted by molar-refractivity contribution is 7.17. The lowest BCUT2D eigenvalue weighted by molar-refractivity contribution is 0.0702. The summed E-state index contributed by atoms with van der Waals surface area (Å²) in [5.41, 5.74) is 2.38. The van der Waals surface area contributed by atoms with Crippen LogP contribution >= 0.6 is 11.3 Å². The van der Waals surface area contributed by atoms with Crippen molar-refractivity contribution in [3.05, 3.63) is 77.3 Å². The van der Waals surface area contributed by atoms with Crippen molar-refractivity contribution in [2.45, 2.75) is 6.54 Å². The number of aromatic carboxylic acids is 1. The first-order valence-electron chi connectivity index (χ1n) is 8.70. The summed E-state index contributed by atoms with van der Waals surface area (Å²) in [4.78, 5) is 12.1. The third kappa shape index (κ3) is 3.48. The summed E-state index contributed by atoms with van der Waals surface area (Å²) < 4.78 is 7.97. The van der Waals surface area contributed by atoms with Gasteiger partial charge in [-0.25, -0.2) is 4.79 Å². The summed E-state index contributed by atoms with van der Waals surface area (Å²) in [5, 5.41) is 19.7. The van der Waals surface area contributed by atoms with Crippen LogP contribution in [0.4, 0.5) is 0 Å². The molecule has 0 spiro atoms. The van der Waals surface area contributed by atoms with Gasteiger partial charge in [-0.05, 0) is 53.4 Å². The first-order valence-corrected chi connectivity index (χ1v) is 9.51. The fourth-order valence-corrected chi connectivity index (χ4v) is 3.94. The SMILES string of the molecule is N#Cc1cc(-c2ccc(C(=O)O)s2)ccc1OCCn1ccc2ccccc21. The number of hydrogen-bond donors (Lipinski definition) is 1. The molecule has 4 rings (SSSR count). The minimum Gasteiger partial charge on any atom is -0.490 e. The van der Waals surface area contributed by atoms with Crippen LogP contribution in [0.1, 0.15) is 15.2 Å². The zero-order valence-corrected chi connectivity index (χ0v) is 15.6. The Hall–Kier alpha value is -3.56. The smallest absolute Gasteiger partial charge is 0.345 e. The number of aromatic nitrogens is 1. The van der Waals surface area contributed by atoms with E-state index in [1.807, 2.05) is 24.4 Å². The average molecular weight is 388 g/mol. The number of carbonyl (C=O) groups is 1. The van der Waals surface area contributed by atoms with Crippen LogP contribution in [0.15, 0.2) is 66.9 Å². The molecule has 2 aromatic heterocycles. The molecule has 28 heavy (non-hydrogen) atoms. The molecule has 0 atom stereocenters. The summed E-state index contributed by atoms with van der Waals surface area (Å²) in [7, 11) is 0. The molecule has 138 valence electrons. The lowest BCUT2D eigenvalue weighted by Gasteiger charge is -2.10. The molecule has 6 heteroatoms. The van der Waals surface area contributed by atoms with Crippen molar-refractivity contribution in [3.63, 3.8) is 0 Å². The monoisotopic (exact) mass is 388 g/mol. The highest BCUT2D eigenvalue weighted by Crippen LogP contribution is 2.31. The maximum Gasteiger partial charge on any atom is 0.345 e. The summed E-state index contributed by atoms with van der Waals surface area (Å²) in [6, 6.07) is 21.1. The second-order valence-corrected chi connectivity index (χ2v) is 7.29. The standard InChI is InChI=1S/C22H16N2O3S/c23-14-17-13-16(20-7-8-21(28-20)22(25)26)5-6-19(17)27-12-11-24-10-9-15-3-1-2-4-18(15)24/h1-10,13H,11-12H2,(H,25,26). The Kier molecular flexibility index (Phi) is 4.83. The van der Waals surface area contributed by atoms with Crippen LogP contribution in [0.5, 0.6) is 5.75 Å². The van der Waals surface area contributed by atoms with Gasteiger partial charge in [-0.1, -0.05) is 18.2 Å². The molecular formula is C22H16N2O3S. The van der Waals surface area contributed by atoms with E-state index < -0.39 is 5.97 Å². The maximum atomic E-state index is 11.1. The van der Waals surface area contributed by atoms with Crippen molar-refractivity contribution < 1.29 is 14.6 Å². The number of nitrogens with zero attached hydrogens (tertiary/aromatic N) is 2. The van der Waals surface area contributed by atoms with Gasteiger partial charge in [-0.3, -0.25) is 0 Å². The summed E-state index contributed by atoms with van der Waals surface area (Å²) in [6.45, 7) is 1.11. The fourth-order valence-electron chi connectivity index (χ4n) is 3.09. The van der Waals surface area contributed by atoms with E-state index in [4.69, 9.17) is 9.84 Å². The lowest BCUT2D eigenvalue weighted by Crippen LogP contribution is -2.07. The van der Waals surface area contributed by atoms with Gasteiger partial charge < -0.3 is 14.4 Å². The molecule has 4 aromatic rings. The van der Waals surface area contributed by atoms with Gasteiger partial charge in [0, 0.05) is 16.6 Å². The van der Waals surface area contributed by atoms with Crippen molar-refractivity contribution in [3.8, 4) is 22.3 Å². The van der Waals surface area contributed by atoms with E-state index in [0.717, 1.165) is 16.0 Å². The second-order valence-electron chi connectivity index (χ2n) is 6.21. The van der Waals surface area contributed by atoms with Crippen LogP contribution in [0.3, 0.4) is 0 Å². The predicted octanol–water partition coefficient (Wildman–Crippen LogP) is 5.02. The van der Waals surface area contributed by atoms with Crippen molar-refractivity contribution in [2.75, 3.05) is 6.61 Å². The molecule has 0 aliphatic heterocycles. The van der Waals surface area contributed by atoms with Gasteiger partial charge in [-0.2, -0.15) is 5.26 Å². The fraction of sp³-hybridized carbons (Fsp3) is 0.0909. The number of para-hydroxylation sites is 1. The number of nitriles is 1. The molecule has 0 bridgehead atoms. The molecular weight excluding hydrogens is 372 g/mol. The molecule has 0 unspecified atom stereocenters. The summed E-state index contributed by atoms with van der Waals surface area (Å²) >= 11 is 1.18. The number of fused-ring (bicyclic) bond motifs is 1. The van der Waals surface area contributed by atoms with Crippen LogP contribution in [0, 0.1) is 11.3 Å². The normalized spacial score (nSPS) is 10.7. The minimum absolute atomic E-state index is 0.271. The molecule has 0 fully saturated rings. The van der Waals surface area contributed by atoms with Crippen LogP contribution < -0.4 is 4.74 Å². The molecule has 2 aromatic carbocycles. The van der Waals surface area contributed by atoms with E-state index in [1.54, 1.807) is 24.3 Å². The summed E-state index contributed by atoms with van der Waals surface area (Å²) in [5.74, 6) is -0.424. The van der Waals surface area contributed by atoms with E-state index in [-0.39, 0.29) is 4.88 Å². The molecule has 2 heterocycles. The first kappa shape index (κ1) is 17.8. The van der Waals surface area contributed by atoms with Crippen LogP contribution in [-0.2, 0) is 6.54 Å². The van der Waals surface area contributed by atoms with Gasteiger partial charge in [-0.15, -0.1) is 11.3 Å². The molecule has 0 aliphatic rings. The van der Waals surface area contributed by atoms with Gasteiger partial charge in [0.25, 0.3) is 0 Å². The van der Waals surface area contributed by atoms with Crippen molar-refractivity contribution in [1.29, 1.82) is 5.26 Å². The Morgan fingerprint density at radius 3 is 2.79 bits per heavy atom. The molecule has 0 aliphatic carbocycles. The first-order chi connectivity index (χ1) is 13.7. The van der Waals surface area contributed by atoms with Crippen molar-refractivity contribution in [2.24, 2.45) is 0 Å². The number of ether oxygens (including phenoxy) is 1. The minimum atomic E-state index is -0.950. The van der Waals surface area contributed by atoms with Crippen LogP contribution in [0.2, 0.25) is 0 Å². The van der Waals surface area contributed by atoms with E-state index >= 15 is 0 Å². The second kappa shape index (κ2) is 7.59. The summed E-state index contributed by atoms with van der Waals surface area (Å²) in [6.07, 6.45) is 2.03. The zero-order valence-electron chi connectivity index (χ0n) is 14.8. The Morgan fingerprint density at radius 1 is 1.14 bits per heavy atom. The van der Waals surface area contributed by atoms with Crippen molar-refractivity contribution in [1.82, 2.24) is 4.57 Å². The average Bonchev–Trinajstić information content (AvgIpc) is 3.36. The zero-order chi connectivity index (χ0) is 19.5. The number of carboxylic acids is 1. The van der Waals surface area contributed by atoms with Gasteiger partial charge in [0.15, 0.2) is 0 Å². The Morgan fingerprint density at radius 2 is 2.00 bits per heavy atom.